The summed E-state index contributed by atoms with van der Waals surface area (Å²) in [5.41, 5.74) is 1.40. The molecule has 0 aromatic heterocycles. The van der Waals surface area contributed by atoms with Gasteiger partial charge in [0.2, 0.25) is 0 Å². The molecule has 1 fully saturated rings. The quantitative estimate of drug-likeness (QED) is 0.625. The highest BCUT2D eigenvalue weighted by Gasteiger charge is 2.22. The van der Waals surface area contributed by atoms with E-state index in [0.29, 0.717) is 18.0 Å². The van der Waals surface area contributed by atoms with Crippen molar-refractivity contribution in [3.8, 4) is 5.75 Å². The Bertz CT molecular complexity index is 441. The number of nitrogens with zero attached hydrogens (tertiary/aromatic N) is 1. The first-order valence-corrected chi connectivity index (χ1v) is 9.25. The highest BCUT2D eigenvalue weighted by molar-refractivity contribution is 5.29. The van der Waals surface area contributed by atoms with Crippen LogP contribution in [0.15, 0.2) is 24.3 Å². The highest BCUT2D eigenvalue weighted by atomic mass is 16.5. The Labute approximate surface area is 142 Å². The van der Waals surface area contributed by atoms with Crippen LogP contribution in [0.1, 0.15) is 58.6 Å². The summed E-state index contributed by atoms with van der Waals surface area (Å²) in [7, 11) is 0. The molecular formula is C20H33NO2. The summed E-state index contributed by atoms with van der Waals surface area (Å²) in [5, 5.41) is 0. The lowest BCUT2D eigenvalue weighted by Crippen LogP contribution is -2.36. The Morgan fingerprint density at radius 3 is 2.30 bits per heavy atom. The van der Waals surface area contributed by atoms with E-state index in [1.807, 2.05) is 0 Å². The van der Waals surface area contributed by atoms with Gasteiger partial charge < -0.3 is 9.47 Å². The molecule has 0 bridgehead atoms. The second kappa shape index (κ2) is 9.29. The number of hydrogen-bond acceptors (Lipinski definition) is 3. The Balaban J connectivity index is 2.01. The lowest BCUT2D eigenvalue weighted by atomic mass is 10.00. The molecule has 1 aromatic carbocycles. The fourth-order valence-corrected chi connectivity index (χ4v) is 3.22. The first-order chi connectivity index (χ1) is 11.2. The van der Waals surface area contributed by atoms with Gasteiger partial charge in [0, 0.05) is 18.0 Å². The van der Waals surface area contributed by atoms with E-state index in [1.165, 1.54) is 18.4 Å². The number of benzene rings is 1. The molecule has 1 aliphatic rings. The van der Waals surface area contributed by atoms with Gasteiger partial charge in [-0.05, 0) is 50.4 Å². The molecular weight excluding hydrogens is 286 g/mol. The third-order valence-corrected chi connectivity index (χ3v) is 4.88. The van der Waals surface area contributed by atoms with Crippen molar-refractivity contribution in [2.24, 2.45) is 5.92 Å². The zero-order valence-electron chi connectivity index (χ0n) is 15.3. The van der Waals surface area contributed by atoms with Gasteiger partial charge in [-0.3, -0.25) is 4.90 Å². The van der Waals surface area contributed by atoms with Gasteiger partial charge in [-0.2, -0.15) is 0 Å². The molecule has 0 aliphatic carbocycles. The molecule has 0 radical (unpaired) electrons. The summed E-state index contributed by atoms with van der Waals surface area (Å²) in [6.45, 7) is 12.8. The molecule has 1 aliphatic heterocycles. The second-order valence-electron chi connectivity index (χ2n) is 6.70. The van der Waals surface area contributed by atoms with Gasteiger partial charge in [0.15, 0.2) is 0 Å². The van der Waals surface area contributed by atoms with Crippen LogP contribution in [0, 0.1) is 5.92 Å². The number of ether oxygens (including phenoxy) is 2. The van der Waals surface area contributed by atoms with E-state index in [4.69, 9.17) is 9.47 Å². The maximum Gasteiger partial charge on any atom is 0.119 e. The minimum Gasteiger partial charge on any atom is -0.493 e. The topological polar surface area (TPSA) is 21.7 Å². The lowest BCUT2D eigenvalue weighted by Gasteiger charge is -2.36. The van der Waals surface area contributed by atoms with E-state index in [2.05, 4.69) is 56.9 Å². The van der Waals surface area contributed by atoms with E-state index in [-0.39, 0.29) is 0 Å². The van der Waals surface area contributed by atoms with Gasteiger partial charge in [-0.1, -0.05) is 32.9 Å². The van der Waals surface area contributed by atoms with Gasteiger partial charge in [0.1, 0.15) is 5.75 Å². The largest absolute Gasteiger partial charge is 0.493 e. The Morgan fingerprint density at radius 2 is 1.83 bits per heavy atom. The van der Waals surface area contributed by atoms with E-state index in [0.717, 1.165) is 38.5 Å². The van der Waals surface area contributed by atoms with Crippen LogP contribution in [0.2, 0.25) is 0 Å². The summed E-state index contributed by atoms with van der Waals surface area (Å²) >= 11 is 0. The first-order valence-electron chi connectivity index (χ1n) is 9.25. The molecule has 1 unspecified atom stereocenters. The van der Waals surface area contributed by atoms with Gasteiger partial charge in [-0.15, -0.1) is 0 Å². The van der Waals surface area contributed by atoms with Gasteiger partial charge >= 0.3 is 0 Å². The van der Waals surface area contributed by atoms with Crippen LogP contribution >= 0.6 is 0 Å². The van der Waals surface area contributed by atoms with Crippen molar-refractivity contribution in [3.63, 3.8) is 0 Å². The average molecular weight is 319 g/mol. The van der Waals surface area contributed by atoms with Crippen molar-refractivity contribution in [2.45, 2.75) is 59.0 Å². The SMILES string of the molecule is CCCN(C(CC)c1ccc(OCC2COC2)cc1)[C@@H](C)CC. The number of rotatable bonds is 10. The molecule has 0 amide bonds. The zero-order chi connectivity index (χ0) is 16.7. The molecule has 1 aromatic rings. The molecule has 130 valence electrons. The third kappa shape index (κ3) is 4.95. The molecule has 0 saturated carbocycles. The predicted molar refractivity (Wildman–Crippen MR) is 96.0 cm³/mol. The van der Waals surface area contributed by atoms with Crippen molar-refractivity contribution < 1.29 is 9.47 Å². The van der Waals surface area contributed by atoms with Gasteiger partial charge in [0.25, 0.3) is 0 Å². The maximum absolute atomic E-state index is 5.86. The first kappa shape index (κ1) is 18.3. The standard InChI is InChI=1S/C20H33NO2/c1-5-12-21(16(4)6-2)20(7-3)18-8-10-19(11-9-18)23-15-17-13-22-14-17/h8-11,16-17,20H,5-7,12-15H2,1-4H3/t16-,20?/m0/s1. The van der Waals surface area contributed by atoms with Crippen molar-refractivity contribution in [1.82, 2.24) is 4.90 Å². The minimum atomic E-state index is 0.499. The van der Waals surface area contributed by atoms with Crippen LogP contribution < -0.4 is 4.74 Å². The normalized spacial score (nSPS) is 17.8. The molecule has 2 atom stereocenters. The van der Waals surface area contributed by atoms with Crippen LogP contribution in [0.25, 0.3) is 0 Å². The summed E-state index contributed by atoms with van der Waals surface area (Å²) < 4.78 is 11.0. The zero-order valence-corrected chi connectivity index (χ0v) is 15.3. The van der Waals surface area contributed by atoms with Crippen LogP contribution in [-0.2, 0) is 4.74 Å². The van der Waals surface area contributed by atoms with Crippen molar-refractivity contribution in [3.05, 3.63) is 29.8 Å². The summed E-state index contributed by atoms with van der Waals surface area (Å²) in [5.74, 6) is 1.55. The predicted octanol–water partition coefficient (Wildman–Crippen LogP) is 4.67. The third-order valence-electron chi connectivity index (χ3n) is 4.88. The molecule has 1 heterocycles. The fraction of sp³-hybridized carbons (Fsp3) is 0.700. The molecule has 0 N–H and O–H groups in total. The van der Waals surface area contributed by atoms with Crippen molar-refractivity contribution in [1.29, 1.82) is 0 Å². The van der Waals surface area contributed by atoms with E-state index in [1.54, 1.807) is 0 Å². The number of hydrogen-bond donors (Lipinski definition) is 0. The van der Waals surface area contributed by atoms with Crippen LogP contribution in [-0.4, -0.2) is 37.3 Å². The average Bonchev–Trinajstić information content (AvgIpc) is 2.54. The Morgan fingerprint density at radius 1 is 1.13 bits per heavy atom. The summed E-state index contributed by atoms with van der Waals surface area (Å²) in [4.78, 5) is 2.65. The second-order valence-corrected chi connectivity index (χ2v) is 6.70. The Kier molecular flexibility index (Phi) is 7.38. The van der Waals surface area contributed by atoms with E-state index >= 15 is 0 Å². The highest BCUT2D eigenvalue weighted by Crippen LogP contribution is 2.29. The minimum absolute atomic E-state index is 0.499. The smallest absolute Gasteiger partial charge is 0.119 e. The van der Waals surface area contributed by atoms with E-state index in [9.17, 15) is 0 Å². The molecule has 3 heteroatoms. The van der Waals surface area contributed by atoms with Crippen molar-refractivity contribution in [2.75, 3.05) is 26.4 Å². The molecule has 0 spiro atoms. The lowest BCUT2D eigenvalue weighted by molar-refractivity contribution is -0.0508. The van der Waals surface area contributed by atoms with Gasteiger partial charge in [0.05, 0.1) is 19.8 Å². The van der Waals surface area contributed by atoms with Crippen molar-refractivity contribution >= 4 is 0 Å². The molecule has 1 saturated heterocycles. The Hall–Kier alpha value is -1.06. The molecule has 23 heavy (non-hydrogen) atoms. The molecule has 3 nitrogen and oxygen atoms in total. The summed E-state index contributed by atoms with van der Waals surface area (Å²) in [6, 6.07) is 9.85. The van der Waals surface area contributed by atoms with E-state index < -0.39 is 0 Å². The van der Waals surface area contributed by atoms with Crippen LogP contribution in [0.5, 0.6) is 5.75 Å². The molecule has 2 rings (SSSR count). The summed E-state index contributed by atoms with van der Waals surface area (Å²) in [6.07, 6.45) is 3.54. The monoisotopic (exact) mass is 319 g/mol. The maximum atomic E-state index is 5.86. The van der Waals surface area contributed by atoms with Crippen LogP contribution in [0.4, 0.5) is 0 Å². The van der Waals surface area contributed by atoms with Crippen LogP contribution in [0.3, 0.4) is 0 Å². The van der Waals surface area contributed by atoms with Gasteiger partial charge in [-0.25, -0.2) is 0 Å². The fourth-order valence-electron chi connectivity index (χ4n) is 3.22.